The van der Waals surface area contributed by atoms with Crippen LogP contribution in [0.4, 0.5) is 0 Å². The highest BCUT2D eigenvalue weighted by Crippen LogP contribution is 2.28. The lowest BCUT2D eigenvalue weighted by molar-refractivity contribution is 0.293. The highest BCUT2D eigenvalue weighted by atomic mass is 32.2. The fourth-order valence-electron chi connectivity index (χ4n) is 1.11. The summed E-state index contributed by atoms with van der Waals surface area (Å²) < 4.78 is 21.6. The Morgan fingerprint density at radius 1 is 1.40 bits per heavy atom. The smallest absolute Gasteiger partial charge is 0.162 e. The van der Waals surface area contributed by atoms with Crippen molar-refractivity contribution in [2.24, 2.45) is 5.14 Å². The fraction of sp³-hybridized carbons (Fsp3) is 0.400. The van der Waals surface area contributed by atoms with Gasteiger partial charge in [0.05, 0.1) is 18.6 Å². The monoisotopic (exact) mass is 229 g/mol. The van der Waals surface area contributed by atoms with E-state index in [-0.39, 0.29) is 0 Å². The van der Waals surface area contributed by atoms with Gasteiger partial charge in [-0.2, -0.15) is 0 Å². The lowest BCUT2D eigenvalue weighted by Crippen LogP contribution is -2.04. The van der Waals surface area contributed by atoms with Crippen molar-refractivity contribution in [2.45, 2.75) is 18.2 Å². The van der Waals surface area contributed by atoms with Gasteiger partial charge in [0.25, 0.3) is 0 Å². The van der Waals surface area contributed by atoms with Gasteiger partial charge in [0.1, 0.15) is 11.0 Å². The molecule has 0 spiro atoms. The number of ether oxygens (including phenoxy) is 2. The molecule has 0 aliphatic rings. The molecule has 4 nitrogen and oxygen atoms in total. The van der Waals surface area contributed by atoms with Crippen molar-refractivity contribution in [3.05, 3.63) is 18.2 Å². The van der Waals surface area contributed by atoms with E-state index < -0.39 is 11.0 Å². The minimum atomic E-state index is -1.49. The van der Waals surface area contributed by atoms with E-state index in [0.29, 0.717) is 23.0 Å². The largest absolute Gasteiger partial charge is 0.493 e. The third-order valence-electron chi connectivity index (χ3n) is 1.83. The molecule has 0 radical (unpaired) electrons. The molecule has 1 atom stereocenters. The fourth-order valence-corrected chi connectivity index (χ4v) is 1.53. The van der Waals surface area contributed by atoms with Crippen LogP contribution in [-0.4, -0.2) is 17.9 Å². The van der Waals surface area contributed by atoms with Crippen LogP contribution in [0.3, 0.4) is 0 Å². The average Bonchev–Trinajstić information content (AvgIpc) is 2.25. The zero-order valence-electron chi connectivity index (χ0n) is 8.86. The molecule has 5 heteroatoms. The Morgan fingerprint density at radius 2 is 2.13 bits per heavy atom. The summed E-state index contributed by atoms with van der Waals surface area (Å²) in [5, 5.41) is 5.28. The number of nitrogens with two attached hydrogens (primary N) is 1. The summed E-state index contributed by atoms with van der Waals surface area (Å²) in [7, 11) is 0.0721. The van der Waals surface area contributed by atoms with Crippen molar-refractivity contribution in [1.29, 1.82) is 0 Å². The molecule has 0 amide bonds. The normalized spacial score (nSPS) is 12.2. The van der Waals surface area contributed by atoms with Crippen LogP contribution in [0, 0.1) is 0 Å². The van der Waals surface area contributed by atoms with Crippen molar-refractivity contribution in [1.82, 2.24) is 0 Å². The summed E-state index contributed by atoms with van der Waals surface area (Å²) in [6.45, 7) is 2.61. The first-order valence-corrected chi connectivity index (χ1v) is 5.87. The molecule has 1 aromatic rings. The molecule has 0 aromatic heterocycles. The number of hydrogen-bond donors (Lipinski definition) is 1. The molecule has 84 valence electrons. The predicted octanol–water partition coefficient (Wildman–Crippen LogP) is 1.47. The minimum Gasteiger partial charge on any atom is -0.493 e. The summed E-state index contributed by atoms with van der Waals surface area (Å²) in [5.41, 5.74) is 0. The number of methoxy groups -OCH3 is 1. The first-order valence-electron chi connectivity index (χ1n) is 4.66. The third kappa shape index (κ3) is 3.21. The second-order valence-electron chi connectivity index (χ2n) is 2.96. The van der Waals surface area contributed by atoms with Gasteiger partial charge in [0.15, 0.2) is 11.5 Å². The van der Waals surface area contributed by atoms with Crippen LogP contribution in [0.1, 0.15) is 13.3 Å². The highest BCUT2D eigenvalue weighted by molar-refractivity contribution is 7.82. The van der Waals surface area contributed by atoms with Gasteiger partial charge in [-0.1, -0.05) is 6.92 Å². The van der Waals surface area contributed by atoms with Gasteiger partial charge in [-0.15, -0.1) is 0 Å². The van der Waals surface area contributed by atoms with Gasteiger partial charge < -0.3 is 9.47 Å². The van der Waals surface area contributed by atoms with E-state index in [9.17, 15) is 4.21 Å². The molecular weight excluding hydrogens is 214 g/mol. The van der Waals surface area contributed by atoms with Crippen LogP contribution in [0.15, 0.2) is 23.1 Å². The van der Waals surface area contributed by atoms with Gasteiger partial charge in [-0.3, -0.25) is 0 Å². The Kier molecular flexibility index (Phi) is 4.58. The molecule has 0 aliphatic carbocycles. The van der Waals surface area contributed by atoms with E-state index in [1.807, 2.05) is 6.92 Å². The van der Waals surface area contributed by atoms with E-state index in [2.05, 4.69) is 0 Å². The van der Waals surface area contributed by atoms with Crippen LogP contribution in [0.25, 0.3) is 0 Å². The summed E-state index contributed by atoms with van der Waals surface area (Å²) >= 11 is 0. The third-order valence-corrected chi connectivity index (χ3v) is 2.55. The maximum absolute atomic E-state index is 11.1. The molecule has 0 aliphatic heterocycles. The van der Waals surface area contributed by atoms with Crippen molar-refractivity contribution >= 4 is 11.0 Å². The molecule has 0 saturated carbocycles. The molecular formula is C10H15NO3S. The second-order valence-corrected chi connectivity index (χ2v) is 4.02. The molecule has 0 fully saturated rings. The minimum absolute atomic E-state index is 0.530. The lowest BCUT2D eigenvalue weighted by atomic mass is 10.3. The Labute approximate surface area is 92.0 Å². The summed E-state index contributed by atoms with van der Waals surface area (Å²) in [6.07, 6.45) is 0.902. The highest BCUT2D eigenvalue weighted by Gasteiger charge is 2.07. The first kappa shape index (κ1) is 12.0. The maximum Gasteiger partial charge on any atom is 0.162 e. The van der Waals surface area contributed by atoms with E-state index in [4.69, 9.17) is 14.6 Å². The quantitative estimate of drug-likeness (QED) is 0.831. The Morgan fingerprint density at radius 3 is 2.67 bits per heavy atom. The molecule has 15 heavy (non-hydrogen) atoms. The maximum atomic E-state index is 11.1. The van der Waals surface area contributed by atoms with Gasteiger partial charge >= 0.3 is 0 Å². The van der Waals surface area contributed by atoms with Gasteiger partial charge in [0, 0.05) is 6.07 Å². The average molecular weight is 229 g/mol. The van der Waals surface area contributed by atoms with Crippen molar-refractivity contribution < 1.29 is 13.7 Å². The second kappa shape index (κ2) is 5.72. The van der Waals surface area contributed by atoms with E-state index in [0.717, 1.165) is 6.42 Å². The van der Waals surface area contributed by atoms with Crippen LogP contribution >= 0.6 is 0 Å². The Hall–Kier alpha value is -1.07. The predicted molar refractivity (Wildman–Crippen MR) is 59.4 cm³/mol. The molecule has 0 heterocycles. The zero-order valence-corrected chi connectivity index (χ0v) is 9.67. The van der Waals surface area contributed by atoms with Crippen LogP contribution in [0.2, 0.25) is 0 Å². The number of hydrogen-bond acceptors (Lipinski definition) is 3. The van der Waals surface area contributed by atoms with Gasteiger partial charge in [-0.25, -0.2) is 9.35 Å². The molecule has 0 saturated heterocycles. The van der Waals surface area contributed by atoms with Crippen LogP contribution < -0.4 is 14.6 Å². The van der Waals surface area contributed by atoms with Crippen LogP contribution in [0.5, 0.6) is 11.5 Å². The molecule has 2 N–H and O–H groups in total. The van der Waals surface area contributed by atoms with E-state index >= 15 is 0 Å². The summed E-state index contributed by atoms with van der Waals surface area (Å²) in [4.78, 5) is 0.530. The topological polar surface area (TPSA) is 61.5 Å². The van der Waals surface area contributed by atoms with Crippen LogP contribution in [-0.2, 0) is 11.0 Å². The van der Waals surface area contributed by atoms with Gasteiger partial charge in [-0.05, 0) is 18.6 Å². The van der Waals surface area contributed by atoms with Gasteiger partial charge in [0.2, 0.25) is 0 Å². The molecule has 1 aromatic carbocycles. The van der Waals surface area contributed by atoms with Crippen molar-refractivity contribution in [2.75, 3.05) is 13.7 Å². The number of rotatable bonds is 5. The number of benzene rings is 1. The molecule has 0 bridgehead atoms. The SMILES string of the molecule is CCCOc1cc(S(N)=O)ccc1OC. The Balaban J connectivity index is 2.96. The molecule has 1 unspecified atom stereocenters. The van der Waals surface area contributed by atoms with Crippen molar-refractivity contribution in [3.63, 3.8) is 0 Å². The van der Waals surface area contributed by atoms with E-state index in [1.165, 1.54) is 0 Å². The molecule has 1 rings (SSSR count). The lowest BCUT2D eigenvalue weighted by Gasteiger charge is -2.10. The summed E-state index contributed by atoms with van der Waals surface area (Å²) in [5.74, 6) is 1.20. The van der Waals surface area contributed by atoms with E-state index in [1.54, 1.807) is 25.3 Å². The van der Waals surface area contributed by atoms with Crippen molar-refractivity contribution in [3.8, 4) is 11.5 Å². The first-order chi connectivity index (χ1) is 7.19. The Bertz CT molecular complexity index is 355. The zero-order chi connectivity index (χ0) is 11.3. The standard InChI is InChI=1S/C10H15NO3S/c1-3-6-14-10-7-8(15(11)12)4-5-9(10)13-2/h4-5,7H,3,6,11H2,1-2H3. The summed E-state index contributed by atoms with van der Waals surface area (Å²) in [6, 6.07) is 5.00.